The molecule has 3 rings (SSSR count). The second kappa shape index (κ2) is 8.51. The summed E-state index contributed by atoms with van der Waals surface area (Å²) in [7, 11) is -3.17. The summed E-state index contributed by atoms with van der Waals surface area (Å²) in [4.78, 5) is 17.0. The lowest BCUT2D eigenvalue weighted by atomic mass is 10.1. The zero-order valence-corrected chi connectivity index (χ0v) is 17.7. The summed E-state index contributed by atoms with van der Waals surface area (Å²) >= 11 is 0. The topological polar surface area (TPSA) is 129 Å². The summed E-state index contributed by atoms with van der Waals surface area (Å²) in [6.07, 6.45) is 4.06. The van der Waals surface area contributed by atoms with E-state index in [4.69, 9.17) is 5.26 Å². The van der Waals surface area contributed by atoms with Crippen LogP contribution in [0.25, 0.3) is 16.9 Å². The molecule has 0 aliphatic heterocycles. The van der Waals surface area contributed by atoms with Gasteiger partial charge in [-0.05, 0) is 38.1 Å². The fourth-order valence-electron chi connectivity index (χ4n) is 2.91. The first kappa shape index (κ1) is 21.3. The molecule has 30 heavy (non-hydrogen) atoms. The Labute approximate surface area is 174 Å². The minimum absolute atomic E-state index is 0.0228. The normalized spacial score (nSPS) is 11.4. The van der Waals surface area contributed by atoms with Crippen molar-refractivity contribution in [2.45, 2.75) is 19.9 Å². The number of amides is 1. The lowest BCUT2D eigenvalue weighted by Crippen LogP contribution is -2.30. The van der Waals surface area contributed by atoms with Crippen LogP contribution in [0.4, 0.5) is 5.69 Å². The SMILES string of the molecule is CC(C)Nc1cc(-c2ccc3cc(C#N)cnn23)ncc1C(=O)NCCS(C)(=O)=O. The molecule has 0 aliphatic carbocycles. The molecule has 0 atom stereocenters. The van der Waals surface area contributed by atoms with Gasteiger partial charge in [0.05, 0.1) is 45.7 Å². The number of pyridine rings is 1. The molecule has 2 N–H and O–H groups in total. The Kier molecular flexibility index (Phi) is 6.03. The highest BCUT2D eigenvalue weighted by atomic mass is 32.2. The van der Waals surface area contributed by atoms with Crippen molar-refractivity contribution in [2.75, 3.05) is 23.9 Å². The van der Waals surface area contributed by atoms with E-state index < -0.39 is 15.7 Å². The first-order valence-corrected chi connectivity index (χ1v) is 11.3. The van der Waals surface area contributed by atoms with Crippen molar-refractivity contribution in [2.24, 2.45) is 0 Å². The minimum Gasteiger partial charge on any atom is -0.382 e. The van der Waals surface area contributed by atoms with Gasteiger partial charge in [0.25, 0.3) is 5.91 Å². The molecule has 156 valence electrons. The third kappa shape index (κ3) is 4.93. The third-order valence-electron chi connectivity index (χ3n) is 4.24. The molecule has 0 saturated heterocycles. The number of aromatic nitrogens is 3. The van der Waals surface area contributed by atoms with E-state index in [2.05, 4.69) is 26.8 Å². The van der Waals surface area contributed by atoms with Gasteiger partial charge in [-0.15, -0.1) is 0 Å². The zero-order valence-electron chi connectivity index (χ0n) is 16.9. The zero-order chi connectivity index (χ0) is 21.9. The lowest BCUT2D eigenvalue weighted by molar-refractivity contribution is 0.0956. The fourth-order valence-corrected chi connectivity index (χ4v) is 3.38. The van der Waals surface area contributed by atoms with Crippen LogP contribution in [0, 0.1) is 11.3 Å². The molecule has 10 heteroatoms. The van der Waals surface area contributed by atoms with Crippen LogP contribution in [0.3, 0.4) is 0 Å². The van der Waals surface area contributed by atoms with Crippen LogP contribution in [0.1, 0.15) is 29.8 Å². The van der Waals surface area contributed by atoms with Crippen molar-refractivity contribution < 1.29 is 13.2 Å². The van der Waals surface area contributed by atoms with Gasteiger partial charge in [-0.3, -0.25) is 9.78 Å². The van der Waals surface area contributed by atoms with E-state index in [1.807, 2.05) is 26.0 Å². The summed E-state index contributed by atoms with van der Waals surface area (Å²) in [5.41, 5.74) is 3.43. The molecule has 9 nitrogen and oxygen atoms in total. The van der Waals surface area contributed by atoms with Crippen molar-refractivity contribution in [3.63, 3.8) is 0 Å². The van der Waals surface area contributed by atoms with E-state index in [0.29, 0.717) is 28.2 Å². The van der Waals surface area contributed by atoms with E-state index in [9.17, 15) is 13.2 Å². The van der Waals surface area contributed by atoms with Crippen molar-refractivity contribution in [1.82, 2.24) is 19.9 Å². The standard InChI is InChI=1S/C20H22N6O3S/c1-13(2)25-17-9-18(19-5-4-15-8-14(10-21)11-24-26(15)19)23-12-16(17)20(27)22-6-7-30(3,28)29/h4-5,8-9,11-13H,6-7H2,1-3H3,(H,22,27)(H,23,25). The number of anilines is 1. The Morgan fingerprint density at radius 1 is 1.27 bits per heavy atom. The van der Waals surface area contributed by atoms with Gasteiger partial charge < -0.3 is 10.6 Å². The highest BCUT2D eigenvalue weighted by Gasteiger charge is 2.17. The first-order valence-electron chi connectivity index (χ1n) is 9.28. The molecule has 0 bridgehead atoms. The van der Waals surface area contributed by atoms with Crippen molar-refractivity contribution in [3.05, 3.63) is 47.8 Å². The summed E-state index contributed by atoms with van der Waals surface area (Å²) in [6, 6.07) is 9.29. The van der Waals surface area contributed by atoms with E-state index >= 15 is 0 Å². The molecule has 0 saturated carbocycles. The number of hydrogen-bond acceptors (Lipinski definition) is 7. The highest BCUT2D eigenvalue weighted by molar-refractivity contribution is 7.90. The number of hydrogen-bond donors (Lipinski definition) is 2. The van der Waals surface area contributed by atoms with Crippen LogP contribution in [0.2, 0.25) is 0 Å². The van der Waals surface area contributed by atoms with Crippen LogP contribution in [-0.4, -0.2) is 53.5 Å². The van der Waals surface area contributed by atoms with E-state index in [0.717, 1.165) is 11.8 Å². The number of fused-ring (bicyclic) bond motifs is 1. The van der Waals surface area contributed by atoms with E-state index in [-0.39, 0.29) is 18.3 Å². The van der Waals surface area contributed by atoms with Gasteiger partial charge in [-0.2, -0.15) is 10.4 Å². The predicted molar refractivity (Wildman–Crippen MR) is 114 cm³/mol. The molecule has 3 heterocycles. The highest BCUT2D eigenvalue weighted by Crippen LogP contribution is 2.25. The molecule has 3 aromatic rings. The molecular formula is C20H22N6O3S. The summed E-state index contributed by atoms with van der Waals surface area (Å²) < 4.78 is 24.2. The number of nitrogens with one attached hydrogen (secondary N) is 2. The average Bonchev–Trinajstić information content (AvgIpc) is 3.09. The van der Waals surface area contributed by atoms with Crippen LogP contribution in [-0.2, 0) is 9.84 Å². The average molecular weight is 427 g/mol. The fraction of sp³-hybridized carbons (Fsp3) is 0.300. The van der Waals surface area contributed by atoms with Gasteiger partial charge >= 0.3 is 0 Å². The Morgan fingerprint density at radius 3 is 2.70 bits per heavy atom. The molecule has 0 aliphatic rings. The summed E-state index contributed by atoms with van der Waals surface area (Å²) in [6.45, 7) is 3.92. The maximum atomic E-state index is 12.6. The largest absolute Gasteiger partial charge is 0.382 e. The molecule has 3 aromatic heterocycles. The maximum absolute atomic E-state index is 12.6. The maximum Gasteiger partial charge on any atom is 0.254 e. The smallest absolute Gasteiger partial charge is 0.254 e. The summed E-state index contributed by atoms with van der Waals surface area (Å²) in [5.74, 6) is -0.540. The number of nitriles is 1. The number of rotatable bonds is 7. The van der Waals surface area contributed by atoms with Gasteiger partial charge in [-0.1, -0.05) is 0 Å². The van der Waals surface area contributed by atoms with E-state index in [1.54, 1.807) is 16.6 Å². The molecular weight excluding hydrogens is 404 g/mol. The Balaban J connectivity index is 1.95. The van der Waals surface area contributed by atoms with Crippen molar-refractivity contribution in [3.8, 4) is 17.5 Å². The molecule has 0 aromatic carbocycles. The van der Waals surface area contributed by atoms with Crippen LogP contribution in [0.15, 0.2) is 36.7 Å². The molecule has 0 spiro atoms. The number of sulfone groups is 1. The van der Waals surface area contributed by atoms with Gasteiger partial charge in [0, 0.05) is 25.0 Å². The van der Waals surface area contributed by atoms with Gasteiger partial charge in [0.2, 0.25) is 0 Å². The summed E-state index contributed by atoms with van der Waals surface area (Å²) in [5, 5.41) is 19.2. The Bertz CT molecular complexity index is 1240. The second-order valence-corrected chi connectivity index (χ2v) is 9.47. The number of carbonyl (C=O) groups is 1. The van der Waals surface area contributed by atoms with Crippen molar-refractivity contribution >= 4 is 26.9 Å². The number of carbonyl (C=O) groups excluding carboxylic acids is 1. The monoisotopic (exact) mass is 426 g/mol. The van der Waals surface area contributed by atoms with Gasteiger partial charge in [-0.25, -0.2) is 12.9 Å². The van der Waals surface area contributed by atoms with Crippen LogP contribution >= 0.6 is 0 Å². The number of nitrogens with zero attached hydrogens (tertiary/aromatic N) is 4. The van der Waals surface area contributed by atoms with Crippen molar-refractivity contribution in [1.29, 1.82) is 5.26 Å². The molecule has 1 amide bonds. The van der Waals surface area contributed by atoms with Crippen LogP contribution in [0.5, 0.6) is 0 Å². The molecule has 0 radical (unpaired) electrons. The predicted octanol–water partition coefficient (Wildman–Crippen LogP) is 1.86. The van der Waals surface area contributed by atoms with Crippen LogP contribution < -0.4 is 10.6 Å². The lowest BCUT2D eigenvalue weighted by Gasteiger charge is -2.15. The van der Waals surface area contributed by atoms with E-state index in [1.165, 1.54) is 12.4 Å². The minimum atomic E-state index is -3.17. The molecule has 0 unspecified atom stereocenters. The van der Waals surface area contributed by atoms with Gasteiger partial charge in [0.15, 0.2) is 0 Å². The first-order chi connectivity index (χ1) is 14.2. The quantitative estimate of drug-likeness (QED) is 0.590. The Hall–Kier alpha value is -3.45. The molecule has 0 fully saturated rings. The second-order valence-electron chi connectivity index (χ2n) is 7.21. The third-order valence-corrected chi connectivity index (χ3v) is 5.19. The Morgan fingerprint density at radius 2 is 2.03 bits per heavy atom. The van der Waals surface area contributed by atoms with Gasteiger partial charge in [0.1, 0.15) is 15.9 Å².